The molecule has 0 bridgehead atoms. The van der Waals surface area contributed by atoms with Gasteiger partial charge in [0.05, 0.1) is 5.56 Å². The first-order valence-corrected chi connectivity index (χ1v) is 19.4. The van der Waals surface area contributed by atoms with E-state index in [1.54, 1.807) is 0 Å². The predicted octanol–water partition coefficient (Wildman–Crippen LogP) is 14.3. The molecule has 0 aliphatic rings. The maximum atomic E-state index is 6.83. The third kappa shape index (κ3) is 5.21. The second-order valence-electron chi connectivity index (χ2n) is 14.7. The summed E-state index contributed by atoms with van der Waals surface area (Å²) in [6.45, 7) is 0. The summed E-state index contributed by atoms with van der Waals surface area (Å²) in [4.78, 5) is 15.4. The molecule has 5 nitrogen and oxygen atoms in total. The number of hydrogen-bond donors (Lipinski definition) is 0. The highest BCUT2D eigenvalue weighted by molar-refractivity contribution is 6.12. The van der Waals surface area contributed by atoms with E-state index in [1.165, 1.54) is 21.9 Å². The Balaban J connectivity index is 1.02. The molecule has 0 aliphatic carbocycles. The zero-order chi connectivity index (χ0) is 38.2. The first kappa shape index (κ1) is 32.4. The minimum absolute atomic E-state index is 0.533. The molecule has 0 radical (unpaired) electrons. The van der Waals surface area contributed by atoms with E-state index in [9.17, 15) is 0 Å². The third-order valence-corrected chi connectivity index (χ3v) is 11.3. The largest absolute Gasteiger partial charge is 0.456 e. The molecule has 3 heterocycles. The number of rotatable bonds is 5. The van der Waals surface area contributed by atoms with Gasteiger partial charge in [-0.05, 0) is 86.3 Å². The highest BCUT2D eigenvalue weighted by Gasteiger charge is 2.20. The Kier molecular flexibility index (Phi) is 7.16. The summed E-state index contributed by atoms with van der Waals surface area (Å²) in [7, 11) is 0. The van der Waals surface area contributed by atoms with Gasteiger partial charge < -0.3 is 8.83 Å². The number of nitrogens with zero attached hydrogens (tertiary/aromatic N) is 3. The van der Waals surface area contributed by atoms with E-state index in [-0.39, 0.29) is 0 Å². The van der Waals surface area contributed by atoms with Crippen molar-refractivity contribution in [3.8, 4) is 56.4 Å². The molecule has 9 aromatic carbocycles. The minimum Gasteiger partial charge on any atom is -0.456 e. The van der Waals surface area contributed by atoms with Crippen LogP contribution in [0.2, 0.25) is 0 Å². The van der Waals surface area contributed by atoms with Crippen LogP contribution in [0.15, 0.2) is 197 Å². The van der Waals surface area contributed by atoms with Gasteiger partial charge in [-0.3, -0.25) is 0 Å². The van der Waals surface area contributed by atoms with Crippen LogP contribution in [0.4, 0.5) is 0 Å². The molecule has 0 atom stereocenters. The third-order valence-electron chi connectivity index (χ3n) is 11.3. The number of fused-ring (bicyclic) bond motifs is 8. The average molecular weight is 742 g/mol. The Hall–Kier alpha value is -7.89. The lowest BCUT2D eigenvalue weighted by Crippen LogP contribution is -2.00. The highest BCUT2D eigenvalue weighted by Crippen LogP contribution is 2.41. The van der Waals surface area contributed by atoms with E-state index >= 15 is 0 Å². The van der Waals surface area contributed by atoms with E-state index in [0.717, 1.165) is 82.5 Å². The zero-order valence-electron chi connectivity index (χ0n) is 31.1. The van der Waals surface area contributed by atoms with Crippen molar-refractivity contribution >= 4 is 65.4 Å². The lowest BCUT2D eigenvalue weighted by Gasteiger charge is -2.12. The molecule has 0 saturated carbocycles. The number of aromatic nitrogens is 3. The summed E-state index contributed by atoms with van der Waals surface area (Å²) in [5.74, 6) is 1.67. The topological polar surface area (TPSA) is 65.0 Å². The maximum Gasteiger partial charge on any atom is 0.167 e. The number of benzene rings is 9. The van der Waals surface area contributed by atoms with Crippen LogP contribution in [-0.4, -0.2) is 15.0 Å². The van der Waals surface area contributed by atoms with Crippen LogP contribution >= 0.6 is 0 Å². The SMILES string of the molecule is c1ccc(-c2ccc(-c3ccc4c(c3)oc3c(-c5nc(-c6ccc7ccccc7c6)nc(-c6ccc7c(c6)oc6ccccc67)n5)cccc34)c3ccccc23)cc1. The first-order chi connectivity index (χ1) is 28.7. The van der Waals surface area contributed by atoms with E-state index in [2.05, 4.69) is 158 Å². The minimum atomic E-state index is 0.533. The molecule has 0 unspecified atom stereocenters. The van der Waals surface area contributed by atoms with Crippen LogP contribution in [0.5, 0.6) is 0 Å². The van der Waals surface area contributed by atoms with Gasteiger partial charge in [-0.2, -0.15) is 0 Å². The monoisotopic (exact) mass is 741 g/mol. The molecule has 5 heteroatoms. The van der Waals surface area contributed by atoms with Gasteiger partial charge in [0.25, 0.3) is 0 Å². The molecule has 0 spiro atoms. The van der Waals surface area contributed by atoms with Crippen LogP contribution in [-0.2, 0) is 0 Å². The Labute approximate surface area is 332 Å². The molecule has 0 aliphatic heterocycles. The summed E-state index contributed by atoms with van der Waals surface area (Å²) in [6, 6.07) is 65.3. The lowest BCUT2D eigenvalue weighted by molar-refractivity contribution is 0.668. The summed E-state index contributed by atoms with van der Waals surface area (Å²) in [5.41, 5.74) is 10.4. The molecule has 0 N–H and O–H groups in total. The van der Waals surface area contributed by atoms with E-state index < -0.39 is 0 Å². The van der Waals surface area contributed by atoms with Crippen LogP contribution in [0, 0.1) is 0 Å². The molecule has 0 amide bonds. The molecule has 12 aromatic rings. The zero-order valence-corrected chi connectivity index (χ0v) is 31.1. The Morgan fingerprint density at radius 1 is 0.276 bits per heavy atom. The van der Waals surface area contributed by atoms with Gasteiger partial charge in [-0.15, -0.1) is 0 Å². The Morgan fingerprint density at radius 3 is 1.64 bits per heavy atom. The second kappa shape index (κ2) is 12.8. The number of para-hydroxylation sites is 2. The molecular weight excluding hydrogens is 711 g/mol. The van der Waals surface area contributed by atoms with Gasteiger partial charge >= 0.3 is 0 Å². The van der Waals surface area contributed by atoms with Crippen molar-refractivity contribution in [3.63, 3.8) is 0 Å². The van der Waals surface area contributed by atoms with Crippen molar-refractivity contribution in [1.29, 1.82) is 0 Å². The van der Waals surface area contributed by atoms with Gasteiger partial charge in [-0.25, -0.2) is 15.0 Å². The first-order valence-electron chi connectivity index (χ1n) is 19.4. The van der Waals surface area contributed by atoms with Crippen molar-refractivity contribution < 1.29 is 8.83 Å². The average Bonchev–Trinajstić information content (AvgIpc) is 3.86. The predicted molar refractivity (Wildman–Crippen MR) is 237 cm³/mol. The molecule has 58 heavy (non-hydrogen) atoms. The van der Waals surface area contributed by atoms with Crippen molar-refractivity contribution in [2.24, 2.45) is 0 Å². The number of hydrogen-bond acceptors (Lipinski definition) is 5. The summed E-state index contributed by atoms with van der Waals surface area (Å²) < 4.78 is 13.1. The van der Waals surface area contributed by atoms with Gasteiger partial charge in [0.15, 0.2) is 17.5 Å². The smallest absolute Gasteiger partial charge is 0.167 e. The van der Waals surface area contributed by atoms with E-state index in [4.69, 9.17) is 23.8 Å². The molecule has 3 aromatic heterocycles. The fourth-order valence-corrected chi connectivity index (χ4v) is 8.51. The van der Waals surface area contributed by atoms with Crippen molar-refractivity contribution in [2.45, 2.75) is 0 Å². The summed E-state index contributed by atoms with van der Waals surface area (Å²) >= 11 is 0. The molecule has 0 saturated heterocycles. The molecule has 12 rings (SSSR count). The van der Waals surface area contributed by atoms with Crippen LogP contribution in [0.3, 0.4) is 0 Å². The Bertz CT molecular complexity index is 3580. The lowest BCUT2D eigenvalue weighted by atomic mass is 9.92. The highest BCUT2D eigenvalue weighted by atomic mass is 16.3. The molecule has 270 valence electrons. The van der Waals surface area contributed by atoms with E-state index in [0.29, 0.717) is 17.5 Å². The fraction of sp³-hybridized carbons (Fsp3) is 0. The summed E-state index contributed by atoms with van der Waals surface area (Å²) in [6.07, 6.45) is 0. The second-order valence-corrected chi connectivity index (χ2v) is 14.7. The van der Waals surface area contributed by atoms with Gasteiger partial charge in [-0.1, -0.05) is 146 Å². The van der Waals surface area contributed by atoms with Crippen LogP contribution in [0.1, 0.15) is 0 Å². The van der Waals surface area contributed by atoms with Gasteiger partial charge in [0.1, 0.15) is 22.3 Å². The van der Waals surface area contributed by atoms with Crippen molar-refractivity contribution in [3.05, 3.63) is 188 Å². The van der Waals surface area contributed by atoms with Gasteiger partial charge in [0, 0.05) is 32.7 Å². The standard InChI is InChI=1S/C53H31N3O2/c1-2-12-33(13-3-1)38-27-28-39(41-16-7-6-15-40(38)41)35-23-25-44-45-18-10-19-46(50(45)58-49(44)30-35)53-55-51(36-22-21-32-11-4-5-14-34(32)29-36)54-52(56-53)37-24-26-43-42-17-8-9-20-47(42)57-48(43)31-37/h1-31H. The maximum absolute atomic E-state index is 6.83. The normalized spacial score (nSPS) is 11.8. The molecule has 0 fully saturated rings. The van der Waals surface area contributed by atoms with Crippen molar-refractivity contribution in [1.82, 2.24) is 15.0 Å². The molecular formula is C53H31N3O2. The summed E-state index contributed by atoms with van der Waals surface area (Å²) in [5, 5.41) is 8.84. The van der Waals surface area contributed by atoms with Crippen LogP contribution < -0.4 is 0 Å². The fourth-order valence-electron chi connectivity index (χ4n) is 8.51. The van der Waals surface area contributed by atoms with Crippen molar-refractivity contribution in [2.75, 3.05) is 0 Å². The Morgan fingerprint density at radius 2 is 0.828 bits per heavy atom. The quantitative estimate of drug-likeness (QED) is 0.176. The van der Waals surface area contributed by atoms with Gasteiger partial charge in [0.2, 0.25) is 0 Å². The number of furan rings is 2. The van der Waals surface area contributed by atoms with E-state index in [1.807, 2.05) is 30.3 Å². The van der Waals surface area contributed by atoms with Crippen LogP contribution in [0.25, 0.3) is 122 Å².